The Labute approximate surface area is 88.6 Å². The molecule has 0 aliphatic carbocycles. The van der Waals surface area contributed by atoms with Gasteiger partial charge in [-0.2, -0.15) is 0 Å². The number of rotatable bonds is 2. The minimum Gasteiger partial charge on any atom is -0.387 e. The molecule has 3 heteroatoms. The molecule has 2 rings (SSSR count). The van der Waals surface area contributed by atoms with Crippen LogP contribution in [0.1, 0.15) is 18.6 Å². The summed E-state index contributed by atoms with van der Waals surface area (Å²) < 4.78 is 0. The predicted octanol–water partition coefficient (Wildman–Crippen LogP) is 1.62. The summed E-state index contributed by atoms with van der Waals surface area (Å²) in [6, 6.07) is 9.28. The zero-order valence-electron chi connectivity index (χ0n) is 8.59. The van der Waals surface area contributed by atoms with Gasteiger partial charge >= 0.3 is 0 Å². The van der Waals surface area contributed by atoms with Crippen LogP contribution in [0.2, 0.25) is 0 Å². The second kappa shape index (κ2) is 3.96. The molecule has 1 aromatic heterocycles. The second-order valence-corrected chi connectivity index (χ2v) is 3.76. The lowest BCUT2D eigenvalue weighted by molar-refractivity contribution is 0.153. The molecular formula is C12H14N2O. The number of aliphatic hydroxyl groups excluding tert-OH is 1. The van der Waals surface area contributed by atoms with Gasteiger partial charge in [0.1, 0.15) is 0 Å². The van der Waals surface area contributed by atoms with Gasteiger partial charge in [-0.1, -0.05) is 12.1 Å². The molecule has 0 spiro atoms. The minimum absolute atomic E-state index is 0.265. The molecule has 1 heterocycles. The lowest BCUT2D eigenvalue weighted by Gasteiger charge is -2.15. The Morgan fingerprint density at radius 1 is 1.33 bits per heavy atom. The van der Waals surface area contributed by atoms with Crippen molar-refractivity contribution >= 4 is 10.9 Å². The first-order valence-corrected chi connectivity index (χ1v) is 4.97. The van der Waals surface area contributed by atoms with Crippen molar-refractivity contribution in [1.29, 1.82) is 0 Å². The van der Waals surface area contributed by atoms with Crippen molar-refractivity contribution in [1.82, 2.24) is 4.98 Å². The maximum atomic E-state index is 9.81. The van der Waals surface area contributed by atoms with Crippen LogP contribution in [-0.4, -0.2) is 16.1 Å². The van der Waals surface area contributed by atoms with Crippen LogP contribution in [0, 0.1) is 0 Å². The topological polar surface area (TPSA) is 59.1 Å². The largest absolute Gasteiger partial charge is 0.387 e. The molecule has 3 nitrogen and oxygen atoms in total. The molecule has 0 radical (unpaired) electrons. The Morgan fingerprint density at radius 3 is 2.87 bits per heavy atom. The molecule has 78 valence electrons. The molecule has 15 heavy (non-hydrogen) atoms. The Bertz CT molecular complexity index is 468. The number of nitrogens with two attached hydrogens (primary N) is 1. The number of benzene rings is 1. The van der Waals surface area contributed by atoms with Crippen molar-refractivity contribution < 1.29 is 5.11 Å². The Morgan fingerprint density at radius 2 is 2.13 bits per heavy atom. The summed E-state index contributed by atoms with van der Waals surface area (Å²) in [4.78, 5) is 4.21. The van der Waals surface area contributed by atoms with Crippen molar-refractivity contribution in [2.75, 3.05) is 0 Å². The molecule has 1 aromatic carbocycles. The van der Waals surface area contributed by atoms with Crippen molar-refractivity contribution in [2.45, 2.75) is 19.1 Å². The summed E-state index contributed by atoms with van der Waals surface area (Å²) in [5, 5.41) is 10.8. The Hall–Kier alpha value is -1.45. The second-order valence-electron chi connectivity index (χ2n) is 3.76. The number of fused-ring (bicyclic) bond motifs is 1. The van der Waals surface area contributed by atoms with E-state index < -0.39 is 6.10 Å². The maximum absolute atomic E-state index is 9.81. The highest BCUT2D eigenvalue weighted by Crippen LogP contribution is 2.20. The number of hydrogen-bond acceptors (Lipinski definition) is 3. The summed E-state index contributed by atoms with van der Waals surface area (Å²) in [6.45, 7) is 1.79. The first-order valence-electron chi connectivity index (χ1n) is 4.97. The summed E-state index contributed by atoms with van der Waals surface area (Å²) in [6.07, 6.45) is 1.14. The minimum atomic E-state index is -0.616. The van der Waals surface area contributed by atoms with Crippen molar-refractivity contribution in [3.63, 3.8) is 0 Å². The van der Waals surface area contributed by atoms with E-state index in [1.165, 1.54) is 0 Å². The third kappa shape index (κ3) is 1.98. The molecule has 0 fully saturated rings. The van der Waals surface area contributed by atoms with E-state index >= 15 is 0 Å². The molecule has 0 bridgehead atoms. The fraction of sp³-hybridized carbons (Fsp3) is 0.250. The predicted molar refractivity (Wildman–Crippen MR) is 60.4 cm³/mol. The van der Waals surface area contributed by atoms with Crippen LogP contribution in [-0.2, 0) is 0 Å². The lowest BCUT2D eigenvalue weighted by atomic mass is 10.0. The molecule has 0 saturated carbocycles. The van der Waals surface area contributed by atoms with E-state index in [9.17, 15) is 5.11 Å². The van der Waals surface area contributed by atoms with Gasteiger partial charge in [0.05, 0.1) is 11.6 Å². The molecule has 2 aromatic rings. The highest BCUT2D eigenvalue weighted by atomic mass is 16.3. The third-order valence-corrected chi connectivity index (χ3v) is 2.47. The standard InChI is InChI=1S/C12H14N2O/c1-8(13)12(15)10-4-5-11-9(7-10)3-2-6-14-11/h2-8,12,15H,13H2,1H3/t8-,12-/m1/s1. The van der Waals surface area contributed by atoms with E-state index in [4.69, 9.17) is 5.73 Å². The maximum Gasteiger partial charge on any atom is 0.0938 e. The van der Waals surface area contributed by atoms with E-state index in [-0.39, 0.29) is 6.04 Å². The molecule has 0 amide bonds. The number of aliphatic hydroxyl groups is 1. The quantitative estimate of drug-likeness (QED) is 0.778. The first kappa shape index (κ1) is 10.1. The molecule has 3 N–H and O–H groups in total. The number of aromatic nitrogens is 1. The summed E-state index contributed by atoms with van der Waals surface area (Å²) in [5.41, 5.74) is 7.41. The SMILES string of the molecule is C[C@@H](N)[C@@H](O)c1ccc2ncccc2c1. The van der Waals surface area contributed by atoms with E-state index in [2.05, 4.69) is 4.98 Å². The molecule has 0 saturated heterocycles. The average Bonchev–Trinajstić information content (AvgIpc) is 2.27. The van der Waals surface area contributed by atoms with Crippen LogP contribution in [0.5, 0.6) is 0 Å². The number of nitrogens with zero attached hydrogens (tertiary/aromatic N) is 1. The van der Waals surface area contributed by atoms with Gasteiger partial charge in [-0.15, -0.1) is 0 Å². The molecular weight excluding hydrogens is 188 g/mol. The van der Waals surface area contributed by atoms with Crippen LogP contribution >= 0.6 is 0 Å². The lowest BCUT2D eigenvalue weighted by Crippen LogP contribution is -2.24. The fourth-order valence-corrected chi connectivity index (χ4v) is 1.58. The van der Waals surface area contributed by atoms with Crippen molar-refractivity contribution in [2.24, 2.45) is 5.73 Å². The number of pyridine rings is 1. The van der Waals surface area contributed by atoms with Crippen LogP contribution in [0.15, 0.2) is 36.5 Å². The van der Waals surface area contributed by atoms with Gasteiger partial charge in [0.25, 0.3) is 0 Å². The highest BCUT2D eigenvalue weighted by molar-refractivity contribution is 5.79. The fourth-order valence-electron chi connectivity index (χ4n) is 1.58. The summed E-state index contributed by atoms with van der Waals surface area (Å²) >= 11 is 0. The molecule has 2 atom stereocenters. The van der Waals surface area contributed by atoms with Crippen LogP contribution in [0.3, 0.4) is 0 Å². The Kier molecular flexibility index (Phi) is 2.66. The van der Waals surface area contributed by atoms with Gasteiger partial charge in [0, 0.05) is 17.6 Å². The van der Waals surface area contributed by atoms with Gasteiger partial charge < -0.3 is 10.8 Å². The average molecular weight is 202 g/mol. The monoisotopic (exact) mass is 202 g/mol. The van der Waals surface area contributed by atoms with Crippen molar-refractivity contribution in [3.8, 4) is 0 Å². The molecule has 0 aliphatic heterocycles. The third-order valence-electron chi connectivity index (χ3n) is 2.47. The van der Waals surface area contributed by atoms with E-state index in [0.717, 1.165) is 16.5 Å². The Balaban J connectivity index is 2.47. The van der Waals surface area contributed by atoms with Gasteiger partial charge in [-0.25, -0.2) is 0 Å². The van der Waals surface area contributed by atoms with Gasteiger partial charge in [0.2, 0.25) is 0 Å². The van der Waals surface area contributed by atoms with E-state index in [1.807, 2.05) is 30.3 Å². The van der Waals surface area contributed by atoms with E-state index in [1.54, 1.807) is 13.1 Å². The zero-order valence-corrected chi connectivity index (χ0v) is 8.59. The van der Waals surface area contributed by atoms with Crippen molar-refractivity contribution in [3.05, 3.63) is 42.1 Å². The zero-order chi connectivity index (χ0) is 10.8. The van der Waals surface area contributed by atoms with Gasteiger partial charge in [-0.3, -0.25) is 4.98 Å². The normalized spacial score (nSPS) is 15.1. The first-order chi connectivity index (χ1) is 7.18. The van der Waals surface area contributed by atoms with E-state index in [0.29, 0.717) is 0 Å². The van der Waals surface area contributed by atoms with Crippen LogP contribution in [0.25, 0.3) is 10.9 Å². The van der Waals surface area contributed by atoms with Gasteiger partial charge in [0.15, 0.2) is 0 Å². The smallest absolute Gasteiger partial charge is 0.0938 e. The number of hydrogen-bond donors (Lipinski definition) is 2. The van der Waals surface area contributed by atoms with Gasteiger partial charge in [-0.05, 0) is 30.7 Å². The highest BCUT2D eigenvalue weighted by Gasteiger charge is 2.12. The molecule has 0 aliphatic rings. The molecule has 0 unspecified atom stereocenters. The summed E-state index contributed by atoms with van der Waals surface area (Å²) in [5.74, 6) is 0. The van der Waals surface area contributed by atoms with Crippen LogP contribution in [0.4, 0.5) is 0 Å². The van der Waals surface area contributed by atoms with Crippen LogP contribution < -0.4 is 5.73 Å². The summed E-state index contributed by atoms with van der Waals surface area (Å²) in [7, 11) is 0.